The molecule has 0 saturated carbocycles. The molecule has 0 amide bonds. The zero-order valence-electron chi connectivity index (χ0n) is 8.11. The fraction of sp³-hybridized carbons (Fsp3) is 0.700. The van der Waals surface area contributed by atoms with Crippen LogP contribution in [0.1, 0.15) is 12.8 Å². The number of aliphatic carboxylic acids is 1. The van der Waals surface area contributed by atoms with Crippen molar-refractivity contribution in [2.24, 2.45) is 0 Å². The van der Waals surface area contributed by atoms with Gasteiger partial charge in [0.15, 0.2) is 6.10 Å². The van der Waals surface area contributed by atoms with Crippen LogP contribution < -0.4 is 0 Å². The van der Waals surface area contributed by atoms with Crippen LogP contribution in [0.4, 0.5) is 0 Å². The van der Waals surface area contributed by atoms with Crippen molar-refractivity contribution >= 4 is 5.97 Å². The number of rotatable bonds is 4. The van der Waals surface area contributed by atoms with Crippen LogP contribution in [-0.4, -0.2) is 48.3 Å². The molecule has 4 heteroatoms. The molecule has 0 unspecified atom stereocenters. The highest BCUT2D eigenvalue weighted by atomic mass is 16.5. The van der Waals surface area contributed by atoms with E-state index >= 15 is 0 Å². The first-order valence-corrected chi connectivity index (χ1v) is 5.00. The van der Waals surface area contributed by atoms with E-state index in [0.717, 1.165) is 25.9 Å². The SMILES string of the molecule is O=C(O)[C@H]1CN(CCC2=CC2)CCO1. The maximum atomic E-state index is 10.7. The Kier molecular flexibility index (Phi) is 2.84. The van der Waals surface area contributed by atoms with Crippen molar-refractivity contribution in [3.8, 4) is 0 Å². The lowest BCUT2D eigenvalue weighted by molar-refractivity contribution is -0.155. The Labute approximate surface area is 83.2 Å². The monoisotopic (exact) mass is 197 g/mol. The number of nitrogens with zero attached hydrogens (tertiary/aromatic N) is 1. The predicted octanol–water partition coefficient (Wildman–Crippen LogP) is 0.492. The summed E-state index contributed by atoms with van der Waals surface area (Å²) >= 11 is 0. The lowest BCUT2D eigenvalue weighted by Crippen LogP contribution is -2.46. The molecule has 1 aliphatic heterocycles. The Morgan fingerprint density at radius 2 is 2.50 bits per heavy atom. The van der Waals surface area contributed by atoms with Crippen LogP contribution in [0.15, 0.2) is 11.6 Å². The molecule has 1 heterocycles. The molecule has 2 rings (SSSR count). The molecule has 14 heavy (non-hydrogen) atoms. The van der Waals surface area contributed by atoms with E-state index in [1.54, 1.807) is 0 Å². The van der Waals surface area contributed by atoms with Gasteiger partial charge in [-0.25, -0.2) is 4.79 Å². The van der Waals surface area contributed by atoms with E-state index in [-0.39, 0.29) is 0 Å². The van der Waals surface area contributed by atoms with Crippen LogP contribution in [0.25, 0.3) is 0 Å². The van der Waals surface area contributed by atoms with E-state index in [0.29, 0.717) is 13.2 Å². The van der Waals surface area contributed by atoms with Crippen LogP contribution in [0, 0.1) is 0 Å². The molecule has 0 bridgehead atoms. The standard InChI is InChI=1S/C10H15NO3/c12-10(13)9-7-11(5-6-14-9)4-3-8-1-2-8/h1,9H,2-7H2,(H,12,13)/t9-/m1/s1. The Morgan fingerprint density at radius 3 is 3.14 bits per heavy atom. The van der Waals surface area contributed by atoms with Crippen molar-refractivity contribution < 1.29 is 14.6 Å². The van der Waals surface area contributed by atoms with Crippen molar-refractivity contribution in [2.45, 2.75) is 18.9 Å². The van der Waals surface area contributed by atoms with Crippen LogP contribution in [-0.2, 0) is 9.53 Å². The molecule has 0 aromatic carbocycles. The summed E-state index contributed by atoms with van der Waals surface area (Å²) in [5, 5.41) is 8.78. The first-order valence-electron chi connectivity index (χ1n) is 5.00. The predicted molar refractivity (Wildman–Crippen MR) is 51.1 cm³/mol. The molecule has 2 aliphatic rings. The highest BCUT2D eigenvalue weighted by Gasteiger charge is 2.26. The van der Waals surface area contributed by atoms with E-state index in [1.807, 2.05) is 0 Å². The van der Waals surface area contributed by atoms with Gasteiger partial charge in [-0.2, -0.15) is 0 Å². The topological polar surface area (TPSA) is 49.8 Å². The number of carboxylic acids is 1. The van der Waals surface area contributed by atoms with Crippen molar-refractivity contribution in [2.75, 3.05) is 26.2 Å². The molecule has 1 fully saturated rings. The average molecular weight is 197 g/mol. The number of allylic oxidation sites excluding steroid dienone is 1. The van der Waals surface area contributed by atoms with Gasteiger partial charge in [-0.1, -0.05) is 11.6 Å². The highest BCUT2D eigenvalue weighted by molar-refractivity contribution is 5.72. The van der Waals surface area contributed by atoms with Gasteiger partial charge < -0.3 is 9.84 Å². The zero-order valence-corrected chi connectivity index (χ0v) is 8.11. The van der Waals surface area contributed by atoms with Gasteiger partial charge in [-0.05, 0) is 12.8 Å². The van der Waals surface area contributed by atoms with E-state index in [4.69, 9.17) is 9.84 Å². The van der Waals surface area contributed by atoms with Crippen molar-refractivity contribution in [3.63, 3.8) is 0 Å². The number of morpholine rings is 1. The Balaban J connectivity index is 1.74. The second kappa shape index (κ2) is 4.11. The Hall–Kier alpha value is -0.870. The number of carbonyl (C=O) groups is 1. The quantitative estimate of drug-likeness (QED) is 0.666. The van der Waals surface area contributed by atoms with Crippen LogP contribution in [0.3, 0.4) is 0 Å². The van der Waals surface area contributed by atoms with Gasteiger partial charge in [-0.15, -0.1) is 0 Å². The van der Waals surface area contributed by atoms with Gasteiger partial charge in [0.25, 0.3) is 0 Å². The molecule has 0 radical (unpaired) electrons. The number of hydrogen-bond donors (Lipinski definition) is 1. The van der Waals surface area contributed by atoms with E-state index < -0.39 is 12.1 Å². The minimum absolute atomic E-state index is 0.530. The normalized spacial score (nSPS) is 27.1. The van der Waals surface area contributed by atoms with Gasteiger partial charge in [-0.3, -0.25) is 4.90 Å². The zero-order chi connectivity index (χ0) is 9.97. The van der Waals surface area contributed by atoms with Crippen molar-refractivity contribution in [1.29, 1.82) is 0 Å². The maximum Gasteiger partial charge on any atom is 0.334 e. The Bertz CT molecular complexity index is 262. The van der Waals surface area contributed by atoms with E-state index in [2.05, 4.69) is 11.0 Å². The fourth-order valence-electron chi connectivity index (χ4n) is 1.63. The lowest BCUT2D eigenvalue weighted by atomic mass is 10.2. The first kappa shape index (κ1) is 9.68. The van der Waals surface area contributed by atoms with Crippen LogP contribution >= 0.6 is 0 Å². The van der Waals surface area contributed by atoms with Crippen LogP contribution in [0.2, 0.25) is 0 Å². The molecule has 4 nitrogen and oxygen atoms in total. The summed E-state index contributed by atoms with van der Waals surface area (Å²) in [5.41, 5.74) is 1.50. The molecule has 1 saturated heterocycles. The molecular formula is C10H15NO3. The second-order valence-corrected chi connectivity index (χ2v) is 3.81. The molecule has 1 aliphatic carbocycles. The van der Waals surface area contributed by atoms with Crippen molar-refractivity contribution in [3.05, 3.63) is 11.6 Å². The van der Waals surface area contributed by atoms with Gasteiger partial charge in [0.2, 0.25) is 0 Å². The third-order valence-corrected chi connectivity index (χ3v) is 2.67. The minimum atomic E-state index is -0.847. The minimum Gasteiger partial charge on any atom is -0.479 e. The summed E-state index contributed by atoms with van der Waals surface area (Å²) in [5.74, 6) is -0.847. The smallest absolute Gasteiger partial charge is 0.334 e. The van der Waals surface area contributed by atoms with Gasteiger partial charge in [0.1, 0.15) is 0 Å². The average Bonchev–Trinajstić information content (AvgIpc) is 2.99. The largest absolute Gasteiger partial charge is 0.479 e. The molecule has 0 spiro atoms. The summed E-state index contributed by atoms with van der Waals surface area (Å²) in [6.45, 7) is 2.90. The van der Waals surface area contributed by atoms with E-state index in [9.17, 15) is 4.79 Å². The summed E-state index contributed by atoms with van der Waals surface area (Å²) in [6, 6.07) is 0. The van der Waals surface area contributed by atoms with Gasteiger partial charge in [0, 0.05) is 19.6 Å². The molecule has 1 N–H and O–H groups in total. The number of carboxylic acid groups (broad SMARTS) is 1. The fourth-order valence-corrected chi connectivity index (χ4v) is 1.63. The summed E-state index contributed by atoms with van der Waals surface area (Å²) in [4.78, 5) is 12.9. The highest BCUT2D eigenvalue weighted by Crippen LogP contribution is 2.22. The number of hydrogen-bond acceptors (Lipinski definition) is 3. The maximum absolute atomic E-state index is 10.7. The molecule has 78 valence electrons. The third-order valence-electron chi connectivity index (χ3n) is 2.67. The van der Waals surface area contributed by atoms with Crippen molar-refractivity contribution in [1.82, 2.24) is 4.90 Å². The number of ether oxygens (including phenoxy) is 1. The van der Waals surface area contributed by atoms with Gasteiger partial charge in [0.05, 0.1) is 6.61 Å². The van der Waals surface area contributed by atoms with Gasteiger partial charge >= 0.3 is 5.97 Å². The van der Waals surface area contributed by atoms with E-state index in [1.165, 1.54) is 5.57 Å². The molecule has 1 atom stereocenters. The molecule has 0 aromatic heterocycles. The summed E-state index contributed by atoms with van der Waals surface area (Å²) in [6.07, 6.45) is 3.84. The Morgan fingerprint density at radius 1 is 1.71 bits per heavy atom. The molecular weight excluding hydrogens is 182 g/mol. The summed E-state index contributed by atoms with van der Waals surface area (Å²) in [7, 11) is 0. The third kappa shape index (κ3) is 2.56. The lowest BCUT2D eigenvalue weighted by Gasteiger charge is -2.30. The first-order chi connectivity index (χ1) is 6.75. The second-order valence-electron chi connectivity index (χ2n) is 3.81. The molecule has 0 aromatic rings. The van der Waals surface area contributed by atoms with Crippen LogP contribution in [0.5, 0.6) is 0 Å². The summed E-state index contributed by atoms with van der Waals surface area (Å²) < 4.78 is 5.14.